The van der Waals surface area contributed by atoms with Gasteiger partial charge in [0, 0.05) is 24.5 Å². The Morgan fingerprint density at radius 2 is 2.00 bits per heavy atom. The van der Waals surface area contributed by atoms with Crippen LogP contribution in [0.1, 0.15) is 17.5 Å². The monoisotopic (exact) mass is 430 g/mol. The molecule has 0 saturated carbocycles. The fraction of sp³-hybridized carbons (Fsp3) is 0.304. The molecule has 1 aliphatic heterocycles. The first-order valence-electron chi connectivity index (χ1n) is 9.93. The molecule has 5 nitrogen and oxygen atoms in total. The second kappa shape index (κ2) is 8.55. The van der Waals surface area contributed by atoms with E-state index in [1.165, 1.54) is 17.0 Å². The zero-order chi connectivity index (χ0) is 22.0. The highest BCUT2D eigenvalue weighted by atomic mass is 19.4. The Labute approximate surface area is 177 Å². The lowest BCUT2D eigenvalue weighted by Crippen LogP contribution is -2.51. The summed E-state index contributed by atoms with van der Waals surface area (Å²) in [6, 6.07) is 14.0. The maximum Gasteiger partial charge on any atom is 0.416 e. The molecule has 3 aromatic rings. The molecule has 4 rings (SSSR count). The second-order valence-corrected chi connectivity index (χ2v) is 7.58. The normalized spacial score (nSPS) is 19.4. The Morgan fingerprint density at radius 3 is 2.77 bits per heavy atom. The number of hydrogen-bond donors (Lipinski definition) is 1. The fourth-order valence-electron chi connectivity index (χ4n) is 3.72. The first kappa shape index (κ1) is 21.1. The molecule has 0 bridgehead atoms. The van der Waals surface area contributed by atoms with Crippen LogP contribution in [0.15, 0.2) is 60.8 Å². The first-order chi connectivity index (χ1) is 14.8. The molecule has 1 N–H and O–H groups in total. The molecule has 1 fully saturated rings. The van der Waals surface area contributed by atoms with Crippen LogP contribution in [0.3, 0.4) is 0 Å². The Hall–Kier alpha value is -3.13. The van der Waals surface area contributed by atoms with E-state index in [0.717, 1.165) is 23.0 Å². The Morgan fingerprint density at radius 1 is 1.16 bits per heavy atom. The molecular weight excluding hydrogens is 409 g/mol. The van der Waals surface area contributed by atoms with Gasteiger partial charge in [0.2, 0.25) is 5.91 Å². The Kier molecular flexibility index (Phi) is 5.82. The lowest BCUT2D eigenvalue weighted by molar-refractivity contribution is -0.138. The molecule has 0 radical (unpaired) electrons. The summed E-state index contributed by atoms with van der Waals surface area (Å²) in [5.41, 5.74) is 0.346. The number of hydrogen-bond acceptors (Lipinski definition) is 4. The third kappa shape index (κ3) is 4.96. The predicted octanol–water partition coefficient (Wildman–Crippen LogP) is 3.84. The van der Waals surface area contributed by atoms with Crippen LogP contribution in [0, 0.1) is 0 Å². The number of nitrogens with zero attached hydrogens (tertiary/aromatic N) is 2. The molecule has 162 valence electrons. The number of aliphatic hydroxyl groups excluding tert-OH is 1. The number of pyridine rings is 1. The number of carbonyl (C=O) groups excluding carboxylic acids is 1. The third-order valence-corrected chi connectivity index (χ3v) is 5.34. The highest BCUT2D eigenvalue weighted by Gasteiger charge is 2.33. The molecule has 8 heteroatoms. The molecule has 1 saturated heterocycles. The fourth-order valence-corrected chi connectivity index (χ4v) is 3.72. The number of likely N-dealkylation sites (tertiary alicyclic amines) is 1. The number of β-amino-alcohol motifs (C(OH)–C–C–N with tert-alkyl or cyclic N) is 1. The van der Waals surface area contributed by atoms with E-state index >= 15 is 0 Å². The van der Waals surface area contributed by atoms with Crippen LogP contribution in [0.5, 0.6) is 5.75 Å². The number of benzene rings is 2. The molecule has 2 aromatic carbocycles. The number of carbonyl (C=O) groups is 1. The Bertz CT molecular complexity index is 1090. The van der Waals surface area contributed by atoms with Crippen LogP contribution in [0.2, 0.25) is 0 Å². The van der Waals surface area contributed by atoms with Crippen LogP contribution in [0.25, 0.3) is 10.9 Å². The summed E-state index contributed by atoms with van der Waals surface area (Å²) in [6.45, 7) is 0.423. The molecule has 1 aromatic heterocycles. The minimum Gasteiger partial charge on any atom is -0.488 e. The van der Waals surface area contributed by atoms with Crippen LogP contribution in [-0.4, -0.2) is 46.2 Å². The summed E-state index contributed by atoms with van der Waals surface area (Å²) in [6.07, 6.45) is -3.86. The summed E-state index contributed by atoms with van der Waals surface area (Å²) >= 11 is 0. The van der Waals surface area contributed by atoms with E-state index in [1.807, 2.05) is 24.3 Å². The zero-order valence-corrected chi connectivity index (χ0v) is 16.5. The highest BCUT2D eigenvalue weighted by molar-refractivity contribution is 5.80. The van der Waals surface area contributed by atoms with E-state index < -0.39 is 23.9 Å². The average Bonchev–Trinajstić information content (AvgIpc) is 2.74. The van der Waals surface area contributed by atoms with Gasteiger partial charge in [0.1, 0.15) is 18.0 Å². The predicted molar refractivity (Wildman–Crippen MR) is 109 cm³/mol. The van der Waals surface area contributed by atoms with Gasteiger partial charge >= 0.3 is 6.18 Å². The van der Waals surface area contributed by atoms with E-state index in [2.05, 4.69) is 4.98 Å². The van der Waals surface area contributed by atoms with Crippen LogP contribution < -0.4 is 4.74 Å². The van der Waals surface area contributed by atoms with Crippen molar-refractivity contribution in [1.82, 2.24) is 9.88 Å². The lowest BCUT2D eigenvalue weighted by atomic mass is 10.0. The maximum atomic E-state index is 12.9. The summed E-state index contributed by atoms with van der Waals surface area (Å²) < 4.78 is 44.6. The summed E-state index contributed by atoms with van der Waals surface area (Å²) in [5, 5.41) is 11.4. The van der Waals surface area contributed by atoms with Crippen molar-refractivity contribution < 1.29 is 27.8 Å². The average molecular weight is 430 g/mol. The SMILES string of the molecule is O=C(Cc1cccc(C(F)(F)F)c1)N1CC[C@@H](Oc2ccc3ncccc3c2)[C@H](O)C1. The minimum atomic E-state index is -4.45. The summed E-state index contributed by atoms with van der Waals surface area (Å²) in [7, 11) is 0. The smallest absolute Gasteiger partial charge is 0.416 e. The van der Waals surface area contributed by atoms with Gasteiger partial charge in [0.25, 0.3) is 0 Å². The van der Waals surface area contributed by atoms with E-state index in [0.29, 0.717) is 18.7 Å². The molecule has 0 spiro atoms. The van der Waals surface area contributed by atoms with Crippen molar-refractivity contribution in [1.29, 1.82) is 0 Å². The minimum absolute atomic E-state index is 0.0671. The zero-order valence-electron chi connectivity index (χ0n) is 16.5. The maximum absolute atomic E-state index is 12.9. The molecule has 1 amide bonds. The third-order valence-electron chi connectivity index (χ3n) is 5.34. The van der Waals surface area contributed by atoms with E-state index in [-0.39, 0.29) is 24.4 Å². The van der Waals surface area contributed by atoms with Gasteiger partial charge in [-0.2, -0.15) is 13.2 Å². The van der Waals surface area contributed by atoms with Gasteiger partial charge < -0.3 is 14.7 Å². The standard InChI is InChI=1S/C23H21F3N2O3/c24-23(25,26)17-5-1-3-15(11-17)12-22(30)28-10-8-21(20(29)14-28)31-18-6-7-19-16(13-18)4-2-9-27-19/h1-7,9,11,13,20-21,29H,8,10,12,14H2/t20-,21-/m1/s1. The number of rotatable bonds is 4. The van der Waals surface area contributed by atoms with Crippen molar-refractivity contribution in [2.45, 2.75) is 31.2 Å². The topological polar surface area (TPSA) is 62.7 Å². The van der Waals surface area contributed by atoms with Gasteiger partial charge in [-0.1, -0.05) is 24.3 Å². The van der Waals surface area contributed by atoms with Crippen molar-refractivity contribution in [3.63, 3.8) is 0 Å². The number of halogens is 3. The Balaban J connectivity index is 1.36. The first-order valence-corrected chi connectivity index (χ1v) is 9.93. The highest BCUT2D eigenvalue weighted by Crippen LogP contribution is 2.30. The van der Waals surface area contributed by atoms with Crippen molar-refractivity contribution in [2.24, 2.45) is 0 Å². The number of ether oxygens (including phenoxy) is 1. The summed E-state index contributed by atoms with van der Waals surface area (Å²) in [5.74, 6) is 0.280. The van der Waals surface area contributed by atoms with E-state index in [1.54, 1.807) is 12.3 Å². The lowest BCUT2D eigenvalue weighted by Gasteiger charge is -2.36. The quantitative estimate of drug-likeness (QED) is 0.683. The number of aliphatic hydroxyl groups is 1. The number of fused-ring (bicyclic) bond motifs is 1. The molecule has 2 heterocycles. The van der Waals surface area contributed by atoms with Crippen molar-refractivity contribution in [2.75, 3.05) is 13.1 Å². The van der Waals surface area contributed by atoms with Gasteiger partial charge in [0.15, 0.2) is 0 Å². The van der Waals surface area contributed by atoms with Crippen molar-refractivity contribution in [3.05, 3.63) is 71.9 Å². The second-order valence-electron chi connectivity index (χ2n) is 7.58. The number of alkyl halides is 3. The molecule has 1 aliphatic rings. The largest absolute Gasteiger partial charge is 0.488 e. The summed E-state index contributed by atoms with van der Waals surface area (Å²) in [4.78, 5) is 18.3. The molecular formula is C23H21F3N2O3. The van der Waals surface area contributed by atoms with Gasteiger partial charge in [-0.15, -0.1) is 0 Å². The van der Waals surface area contributed by atoms with Crippen molar-refractivity contribution in [3.8, 4) is 5.75 Å². The molecule has 0 aliphatic carbocycles. The van der Waals surface area contributed by atoms with E-state index in [9.17, 15) is 23.1 Å². The molecule has 0 unspecified atom stereocenters. The molecule has 2 atom stereocenters. The van der Waals surface area contributed by atoms with Crippen LogP contribution >= 0.6 is 0 Å². The number of piperidine rings is 1. The van der Waals surface area contributed by atoms with Gasteiger partial charge in [0.05, 0.1) is 24.0 Å². The number of aromatic nitrogens is 1. The van der Waals surface area contributed by atoms with E-state index in [4.69, 9.17) is 4.74 Å². The molecule has 31 heavy (non-hydrogen) atoms. The van der Waals surface area contributed by atoms with Crippen LogP contribution in [-0.2, 0) is 17.4 Å². The van der Waals surface area contributed by atoms with Crippen molar-refractivity contribution >= 4 is 16.8 Å². The van der Waals surface area contributed by atoms with Gasteiger partial charge in [-0.25, -0.2) is 0 Å². The van der Waals surface area contributed by atoms with Gasteiger partial charge in [-0.3, -0.25) is 9.78 Å². The number of amides is 1. The van der Waals surface area contributed by atoms with Gasteiger partial charge in [-0.05, 0) is 35.9 Å². The van der Waals surface area contributed by atoms with Crippen LogP contribution in [0.4, 0.5) is 13.2 Å².